The van der Waals surface area contributed by atoms with Crippen molar-refractivity contribution in [3.8, 4) is 0 Å². The summed E-state index contributed by atoms with van der Waals surface area (Å²) in [4.78, 5) is 22.6. The maximum absolute atomic E-state index is 11.7. The van der Waals surface area contributed by atoms with E-state index in [0.717, 1.165) is 23.5 Å². The fraction of sp³-hybridized carbons (Fsp3) is 0.429. The number of hydrogen-bond donors (Lipinski definition) is 0. The van der Waals surface area contributed by atoms with Crippen molar-refractivity contribution in [2.24, 2.45) is 0 Å². The highest BCUT2D eigenvalue weighted by atomic mass is 32.2. The number of hydrogen-bond acceptors (Lipinski definition) is 4. The van der Waals surface area contributed by atoms with Crippen molar-refractivity contribution in [2.75, 3.05) is 18.6 Å². The molecular formula is C14H18O3S. The molecule has 0 aliphatic heterocycles. The van der Waals surface area contributed by atoms with E-state index in [1.165, 1.54) is 7.11 Å². The number of rotatable bonds is 8. The second-order valence-electron chi connectivity index (χ2n) is 3.83. The van der Waals surface area contributed by atoms with E-state index in [1.54, 1.807) is 11.8 Å². The highest BCUT2D eigenvalue weighted by Crippen LogP contribution is 2.10. The third kappa shape index (κ3) is 5.87. The van der Waals surface area contributed by atoms with Gasteiger partial charge in [-0.25, -0.2) is 0 Å². The molecule has 0 unspecified atom stereocenters. The van der Waals surface area contributed by atoms with Crippen LogP contribution in [0.5, 0.6) is 0 Å². The summed E-state index contributed by atoms with van der Waals surface area (Å²) in [7, 11) is 1.39. The molecule has 0 heterocycles. The van der Waals surface area contributed by atoms with Crippen LogP contribution in [-0.2, 0) is 9.53 Å². The monoisotopic (exact) mass is 266 g/mol. The zero-order valence-electron chi connectivity index (χ0n) is 10.6. The molecule has 1 rings (SSSR count). The van der Waals surface area contributed by atoms with Crippen LogP contribution in [0, 0.1) is 0 Å². The summed E-state index contributed by atoms with van der Waals surface area (Å²) < 4.78 is 4.55. The van der Waals surface area contributed by atoms with E-state index in [1.807, 2.05) is 30.3 Å². The summed E-state index contributed by atoms with van der Waals surface area (Å²) in [6.45, 7) is 0. The molecule has 0 saturated carbocycles. The first kappa shape index (κ1) is 14.8. The second kappa shape index (κ2) is 8.75. The zero-order chi connectivity index (χ0) is 13.2. The highest BCUT2D eigenvalue weighted by Gasteiger charge is 2.04. The third-order valence-corrected chi connectivity index (χ3v) is 3.54. The van der Waals surface area contributed by atoms with Crippen molar-refractivity contribution in [2.45, 2.75) is 19.3 Å². The lowest BCUT2D eigenvalue weighted by atomic mass is 10.1. The topological polar surface area (TPSA) is 43.4 Å². The molecule has 1 aromatic carbocycles. The SMILES string of the molecule is COC(=O)CCSCCCC(=O)c1ccccc1. The van der Waals surface area contributed by atoms with E-state index in [9.17, 15) is 9.59 Å². The quantitative estimate of drug-likeness (QED) is 0.412. The molecule has 1 aromatic rings. The van der Waals surface area contributed by atoms with Gasteiger partial charge in [0.2, 0.25) is 0 Å². The largest absolute Gasteiger partial charge is 0.469 e. The summed E-state index contributed by atoms with van der Waals surface area (Å²) in [5, 5.41) is 0. The maximum Gasteiger partial charge on any atom is 0.306 e. The van der Waals surface area contributed by atoms with Crippen LogP contribution in [0.3, 0.4) is 0 Å². The van der Waals surface area contributed by atoms with Crippen molar-refractivity contribution in [1.82, 2.24) is 0 Å². The Balaban J connectivity index is 2.08. The van der Waals surface area contributed by atoms with Crippen LogP contribution in [0.4, 0.5) is 0 Å². The number of Topliss-reactive ketones (excluding diaryl/α,β-unsaturated/α-hetero) is 1. The number of carbonyl (C=O) groups excluding carboxylic acids is 2. The average Bonchev–Trinajstić information content (AvgIpc) is 2.43. The van der Waals surface area contributed by atoms with E-state index < -0.39 is 0 Å². The summed E-state index contributed by atoms with van der Waals surface area (Å²) in [5.74, 6) is 1.66. The van der Waals surface area contributed by atoms with E-state index in [0.29, 0.717) is 12.8 Å². The predicted molar refractivity (Wildman–Crippen MR) is 74.0 cm³/mol. The predicted octanol–water partition coefficient (Wildman–Crippen LogP) is 2.95. The molecule has 0 aromatic heterocycles. The first-order valence-corrected chi connectivity index (χ1v) is 7.12. The van der Waals surface area contributed by atoms with Gasteiger partial charge in [-0.1, -0.05) is 30.3 Å². The molecule has 0 aliphatic carbocycles. The van der Waals surface area contributed by atoms with Gasteiger partial charge in [-0.15, -0.1) is 0 Å². The molecule has 98 valence electrons. The van der Waals surface area contributed by atoms with E-state index in [2.05, 4.69) is 4.74 Å². The van der Waals surface area contributed by atoms with Crippen LogP contribution in [-0.4, -0.2) is 30.4 Å². The smallest absolute Gasteiger partial charge is 0.306 e. The lowest BCUT2D eigenvalue weighted by Gasteiger charge is -2.02. The number of methoxy groups -OCH3 is 1. The molecule has 3 nitrogen and oxygen atoms in total. The van der Waals surface area contributed by atoms with E-state index in [-0.39, 0.29) is 11.8 Å². The van der Waals surface area contributed by atoms with Crippen LogP contribution in [0.25, 0.3) is 0 Å². The molecule has 0 saturated heterocycles. The van der Waals surface area contributed by atoms with Crippen molar-refractivity contribution >= 4 is 23.5 Å². The Labute approximate surface area is 112 Å². The van der Waals surface area contributed by atoms with Crippen molar-refractivity contribution in [1.29, 1.82) is 0 Å². The number of thioether (sulfide) groups is 1. The van der Waals surface area contributed by atoms with E-state index in [4.69, 9.17) is 0 Å². The van der Waals surface area contributed by atoms with Crippen LogP contribution in [0.1, 0.15) is 29.6 Å². The van der Waals surface area contributed by atoms with Gasteiger partial charge in [-0.05, 0) is 12.2 Å². The Bertz CT molecular complexity index is 376. The number of carbonyl (C=O) groups is 2. The Morgan fingerprint density at radius 2 is 1.83 bits per heavy atom. The molecule has 18 heavy (non-hydrogen) atoms. The molecular weight excluding hydrogens is 248 g/mol. The number of esters is 1. The first-order valence-electron chi connectivity index (χ1n) is 5.97. The van der Waals surface area contributed by atoms with Gasteiger partial charge < -0.3 is 4.74 Å². The molecule has 0 fully saturated rings. The van der Waals surface area contributed by atoms with Gasteiger partial charge >= 0.3 is 5.97 Å². The van der Waals surface area contributed by atoms with Crippen LogP contribution >= 0.6 is 11.8 Å². The van der Waals surface area contributed by atoms with Gasteiger partial charge in [0.15, 0.2) is 5.78 Å². The lowest BCUT2D eigenvalue weighted by molar-refractivity contribution is -0.140. The van der Waals surface area contributed by atoms with Gasteiger partial charge in [0.1, 0.15) is 0 Å². The van der Waals surface area contributed by atoms with Gasteiger partial charge in [0.25, 0.3) is 0 Å². The van der Waals surface area contributed by atoms with Gasteiger partial charge in [-0.3, -0.25) is 9.59 Å². The van der Waals surface area contributed by atoms with Gasteiger partial charge in [0.05, 0.1) is 13.5 Å². The minimum Gasteiger partial charge on any atom is -0.469 e. The summed E-state index contributed by atoms with van der Waals surface area (Å²) in [6.07, 6.45) is 1.85. The number of benzene rings is 1. The fourth-order valence-electron chi connectivity index (χ4n) is 1.46. The minimum absolute atomic E-state index is 0.178. The molecule has 0 radical (unpaired) electrons. The van der Waals surface area contributed by atoms with Crippen LogP contribution in [0.2, 0.25) is 0 Å². The van der Waals surface area contributed by atoms with Crippen molar-refractivity contribution < 1.29 is 14.3 Å². The molecule has 0 bridgehead atoms. The van der Waals surface area contributed by atoms with Crippen molar-refractivity contribution in [3.05, 3.63) is 35.9 Å². The molecule has 0 aliphatic rings. The third-order valence-electron chi connectivity index (χ3n) is 2.47. The Kier molecular flexibility index (Phi) is 7.18. The summed E-state index contributed by atoms with van der Waals surface area (Å²) >= 11 is 1.68. The highest BCUT2D eigenvalue weighted by molar-refractivity contribution is 7.99. The second-order valence-corrected chi connectivity index (χ2v) is 5.06. The molecule has 0 spiro atoms. The maximum atomic E-state index is 11.7. The van der Waals surface area contributed by atoms with Gasteiger partial charge in [0, 0.05) is 17.7 Å². The summed E-state index contributed by atoms with van der Waals surface area (Å²) in [5.41, 5.74) is 0.775. The molecule has 0 amide bonds. The number of ketones is 1. The fourth-order valence-corrected chi connectivity index (χ4v) is 2.33. The van der Waals surface area contributed by atoms with E-state index >= 15 is 0 Å². The normalized spacial score (nSPS) is 10.1. The number of ether oxygens (including phenoxy) is 1. The van der Waals surface area contributed by atoms with Crippen LogP contribution < -0.4 is 0 Å². The van der Waals surface area contributed by atoms with Gasteiger partial charge in [-0.2, -0.15) is 11.8 Å². The molecule has 0 atom stereocenters. The zero-order valence-corrected chi connectivity index (χ0v) is 11.4. The lowest BCUT2D eigenvalue weighted by Crippen LogP contribution is -2.02. The Morgan fingerprint density at radius 3 is 2.50 bits per heavy atom. The Morgan fingerprint density at radius 1 is 1.11 bits per heavy atom. The molecule has 0 N–H and O–H groups in total. The minimum atomic E-state index is -0.178. The summed E-state index contributed by atoms with van der Waals surface area (Å²) in [6, 6.07) is 9.33. The Hall–Kier alpha value is -1.29. The molecule has 4 heteroatoms. The average molecular weight is 266 g/mol. The first-order chi connectivity index (χ1) is 8.74. The van der Waals surface area contributed by atoms with Crippen LogP contribution in [0.15, 0.2) is 30.3 Å². The van der Waals surface area contributed by atoms with Crippen molar-refractivity contribution in [3.63, 3.8) is 0 Å². The standard InChI is InChI=1S/C14H18O3S/c1-17-14(16)9-11-18-10-5-8-13(15)12-6-3-2-4-7-12/h2-4,6-7H,5,8-11H2,1H3.